The van der Waals surface area contributed by atoms with E-state index in [-0.39, 0.29) is 17.7 Å². The third-order valence-electron chi connectivity index (χ3n) is 5.39. The van der Waals surface area contributed by atoms with Crippen molar-refractivity contribution in [3.8, 4) is 0 Å². The molecule has 4 rings (SSSR count). The second-order valence-corrected chi connectivity index (χ2v) is 6.68. The molecule has 0 saturated carbocycles. The third-order valence-corrected chi connectivity index (χ3v) is 5.39. The number of nitrogens with one attached hydrogen (secondary N) is 1. The largest absolute Gasteiger partial charge is 0.453 e. The van der Waals surface area contributed by atoms with Crippen molar-refractivity contribution < 1.29 is 9.53 Å². The Hall–Kier alpha value is -2.75. The highest BCUT2D eigenvalue weighted by Gasteiger charge is 2.54. The standard InChI is InChI=1S/C21H22N2O2/c1-25-20(24)23-15-14-21(13-7-10-16-8-3-2-4-9-16)17-11-5-6-12-18(17)22-19(21)23/h2-12,19,22H,13-15H2,1H3/b10-7+/t19-,21-/m0/s1. The normalized spacial score (nSPS) is 24.0. The van der Waals surface area contributed by atoms with Crippen LogP contribution in [0.25, 0.3) is 6.08 Å². The number of hydrogen-bond donors (Lipinski definition) is 1. The predicted molar refractivity (Wildman–Crippen MR) is 99.4 cm³/mol. The van der Waals surface area contributed by atoms with Crippen LogP contribution in [0.1, 0.15) is 24.0 Å². The highest BCUT2D eigenvalue weighted by molar-refractivity contribution is 5.73. The lowest BCUT2D eigenvalue weighted by Crippen LogP contribution is -2.46. The quantitative estimate of drug-likeness (QED) is 0.912. The fourth-order valence-corrected chi connectivity index (χ4v) is 4.18. The molecule has 1 saturated heterocycles. The van der Waals surface area contributed by atoms with Gasteiger partial charge < -0.3 is 10.1 Å². The van der Waals surface area contributed by atoms with Crippen LogP contribution in [0.3, 0.4) is 0 Å². The van der Waals surface area contributed by atoms with Crippen LogP contribution in [-0.4, -0.2) is 30.8 Å². The van der Waals surface area contributed by atoms with Gasteiger partial charge in [0.2, 0.25) is 0 Å². The molecule has 4 heteroatoms. The molecule has 2 atom stereocenters. The number of anilines is 1. The smallest absolute Gasteiger partial charge is 0.411 e. The van der Waals surface area contributed by atoms with Crippen LogP contribution in [0.5, 0.6) is 0 Å². The van der Waals surface area contributed by atoms with Crippen LogP contribution >= 0.6 is 0 Å². The second kappa shape index (κ2) is 6.28. The number of fused-ring (bicyclic) bond motifs is 3. The van der Waals surface area contributed by atoms with Crippen LogP contribution in [0.2, 0.25) is 0 Å². The van der Waals surface area contributed by atoms with Gasteiger partial charge in [-0.1, -0.05) is 60.7 Å². The molecule has 2 aliphatic heterocycles. The Morgan fingerprint density at radius 3 is 2.80 bits per heavy atom. The Labute approximate surface area is 148 Å². The van der Waals surface area contributed by atoms with Crippen molar-refractivity contribution in [1.82, 2.24) is 4.90 Å². The summed E-state index contributed by atoms with van der Waals surface area (Å²) in [4.78, 5) is 14.0. The van der Waals surface area contributed by atoms with Gasteiger partial charge in [0.1, 0.15) is 6.17 Å². The number of likely N-dealkylation sites (tertiary alicyclic amines) is 1. The summed E-state index contributed by atoms with van der Waals surface area (Å²) in [6.45, 7) is 0.706. The van der Waals surface area contributed by atoms with E-state index in [1.807, 2.05) is 29.2 Å². The summed E-state index contributed by atoms with van der Waals surface area (Å²) in [5.74, 6) is 0. The highest BCUT2D eigenvalue weighted by atomic mass is 16.5. The minimum absolute atomic E-state index is 0.0576. The minimum atomic E-state index is -0.265. The monoisotopic (exact) mass is 334 g/mol. The molecule has 1 amide bonds. The van der Waals surface area contributed by atoms with Crippen molar-refractivity contribution in [3.05, 3.63) is 71.8 Å². The van der Waals surface area contributed by atoms with Crippen LogP contribution in [0.4, 0.5) is 10.5 Å². The lowest BCUT2D eigenvalue weighted by Gasteiger charge is -2.31. The first-order valence-corrected chi connectivity index (χ1v) is 8.67. The maximum absolute atomic E-state index is 12.2. The molecule has 0 aromatic heterocycles. The summed E-state index contributed by atoms with van der Waals surface area (Å²) in [5.41, 5.74) is 3.51. The number of carbonyl (C=O) groups excluding carboxylic acids is 1. The van der Waals surface area contributed by atoms with Gasteiger partial charge >= 0.3 is 6.09 Å². The number of carbonyl (C=O) groups is 1. The second-order valence-electron chi connectivity index (χ2n) is 6.68. The Balaban J connectivity index is 1.66. The fraction of sp³-hybridized carbons (Fsp3) is 0.286. The number of ether oxygens (including phenoxy) is 1. The summed E-state index contributed by atoms with van der Waals surface area (Å²) in [7, 11) is 1.44. The fourth-order valence-electron chi connectivity index (χ4n) is 4.18. The highest BCUT2D eigenvalue weighted by Crippen LogP contribution is 2.51. The van der Waals surface area contributed by atoms with Gasteiger partial charge in [0.05, 0.1) is 7.11 Å². The Kier molecular flexibility index (Phi) is 3.96. The van der Waals surface area contributed by atoms with Crippen LogP contribution in [0.15, 0.2) is 60.7 Å². The molecule has 1 fully saturated rings. The van der Waals surface area contributed by atoms with Gasteiger partial charge in [-0.25, -0.2) is 4.79 Å². The zero-order valence-corrected chi connectivity index (χ0v) is 14.3. The number of amides is 1. The van der Waals surface area contributed by atoms with Gasteiger partial charge in [0.15, 0.2) is 0 Å². The molecule has 1 N–H and O–H groups in total. The van der Waals surface area contributed by atoms with Crippen molar-refractivity contribution in [2.75, 3.05) is 19.0 Å². The van der Waals surface area contributed by atoms with Gasteiger partial charge in [0, 0.05) is 17.6 Å². The van der Waals surface area contributed by atoms with Crippen LogP contribution < -0.4 is 5.32 Å². The number of para-hydroxylation sites is 1. The lowest BCUT2D eigenvalue weighted by atomic mass is 9.76. The molecule has 0 radical (unpaired) electrons. The zero-order chi connectivity index (χ0) is 17.3. The van der Waals surface area contributed by atoms with E-state index >= 15 is 0 Å². The van der Waals surface area contributed by atoms with E-state index in [1.165, 1.54) is 18.2 Å². The van der Waals surface area contributed by atoms with E-state index in [1.54, 1.807) is 0 Å². The van der Waals surface area contributed by atoms with Crippen LogP contribution in [-0.2, 0) is 10.2 Å². The van der Waals surface area contributed by atoms with Gasteiger partial charge in [-0.2, -0.15) is 0 Å². The predicted octanol–water partition coefficient (Wildman–Crippen LogP) is 4.25. The molecule has 0 spiro atoms. The summed E-state index contributed by atoms with van der Waals surface area (Å²) in [6.07, 6.45) is 5.87. The van der Waals surface area contributed by atoms with Crippen molar-refractivity contribution >= 4 is 17.9 Å². The molecule has 4 nitrogen and oxygen atoms in total. The molecule has 128 valence electrons. The third kappa shape index (κ3) is 2.58. The number of methoxy groups -OCH3 is 1. The minimum Gasteiger partial charge on any atom is -0.453 e. The zero-order valence-electron chi connectivity index (χ0n) is 14.3. The number of rotatable bonds is 3. The SMILES string of the molecule is COC(=O)N1CC[C@@]2(C/C=C/c3ccccc3)c3ccccc3N[C@@H]12. The molecule has 2 heterocycles. The van der Waals surface area contributed by atoms with Gasteiger partial charge in [0.25, 0.3) is 0 Å². The number of allylic oxidation sites excluding steroid dienone is 1. The molecule has 2 aromatic rings. The van der Waals surface area contributed by atoms with Crippen molar-refractivity contribution in [2.45, 2.75) is 24.4 Å². The van der Waals surface area contributed by atoms with Crippen molar-refractivity contribution in [3.63, 3.8) is 0 Å². The van der Waals surface area contributed by atoms with Crippen molar-refractivity contribution in [1.29, 1.82) is 0 Å². The Morgan fingerprint density at radius 1 is 1.24 bits per heavy atom. The molecule has 0 aliphatic carbocycles. The summed E-state index contributed by atoms with van der Waals surface area (Å²) in [5, 5.41) is 3.54. The molecule has 2 aromatic carbocycles. The van der Waals surface area contributed by atoms with E-state index in [4.69, 9.17) is 4.74 Å². The number of nitrogens with zero attached hydrogens (tertiary/aromatic N) is 1. The number of hydrogen-bond acceptors (Lipinski definition) is 3. The Morgan fingerprint density at radius 2 is 2.00 bits per heavy atom. The van der Waals surface area contributed by atoms with Gasteiger partial charge in [-0.15, -0.1) is 0 Å². The van der Waals surface area contributed by atoms with E-state index < -0.39 is 0 Å². The summed E-state index contributed by atoms with van der Waals surface area (Å²) >= 11 is 0. The molecule has 0 bridgehead atoms. The first kappa shape index (κ1) is 15.8. The van der Waals surface area contributed by atoms with Gasteiger partial charge in [-0.3, -0.25) is 4.90 Å². The topological polar surface area (TPSA) is 41.6 Å². The number of benzene rings is 2. The Bertz CT molecular complexity index is 803. The first-order valence-electron chi connectivity index (χ1n) is 8.67. The van der Waals surface area contributed by atoms with Gasteiger partial charge in [-0.05, 0) is 30.0 Å². The molecular formula is C21H22N2O2. The van der Waals surface area contributed by atoms with E-state index in [9.17, 15) is 4.79 Å². The maximum atomic E-state index is 12.2. The molecule has 0 unspecified atom stereocenters. The van der Waals surface area contributed by atoms with E-state index in [0.717, 1.165) is 18.5 Å². The maximum Gasteiger partial charge on any atom is 0.411 e. The lowest BCUT2D eigenvalue weighted by molar-refractivity contribution is 0.118. The van der Waals surface area contributed by atoms with E-state index in [0.29, 0.717) is 6.54 Å². The summed E-state index contributed by atoms with van der Waals surface area (Å²) in [6, 6.07) is 18.7. The average Bonchev–Trinajstić information content (AvgIpc) is 3.16. The first-order chi connectivity index (χ1) is 12.2. The molecule has 25 heavy (non-hydrogen) atoms. The van der Waals surface area contributed by atoms with Crippen molar-refractivity contribution in [2.24, 2.45) is 0 Å². The average molecular weight is 334 g/mol. The van der Waals surface area contributed by atoms with E-state index in [2.05, 4.69) is 47.8 Å². The summed E-state index contributed by atoms with van der Waals surface area (Å²) < 4.78 is 4.99. The van der Waals surface area contributed by atoms with Crippen LogP contribution in [0, 0.1) is 0 Å². The molecular weight excluding hydrogens is 312 g/mol. The molecule has 2 aliphatic rings.